The van der Waals surface area contributed by atoms with Crippen LogP contribution in [0.25, 0.3) is 0 Å². The molecule has 2 rings (SSSR count). The first-order chi connectivity index (χ1) is 13.7. The molecule has 0 saturated heterocycles. The second-order valence-corrected chi connectivity index (χ2v) is 11.4. The van der Waals surface area contributed by atoms with Crippen LogP contribution in [0.15, 0.2) is 23.8 Å². The monoisotopic (exact) mass is 423 g/mol. The second kappa shape index (κ2) is 11.9. The molecule has 0 radical (unpaired) electrons. The minimum absolute atomic E-state index is 0.211. The van der Waals surface area contributed by atoms with E-state index in [1.807, 2.05) is 6.08 Å². The van der Waals surface area contributed by atoms with Crippen molar-refractivity contribution in [2.75, 3.05) is 25.1 Å². The molecule has 0 aromatic heterocycles. The molecule has 29 heavy (non-hydrogen) atoms. The van der Waals surface area contributed by atoms with Gasteiger partial charge in [-0.1, -0.05) is 50.0 Å². The molecule has 5 atom stereocenters. The number of unbranched alkanes of at least 4 members (excludes halogenated alkanes) is 2. The average molecular weight is 424 g/mol. The SMILES string of the molecule is CCCCC[C@H](O)C=C[C@@H]1[C@H]2CC(CCSCCN(C)C(C)(C)C)=C[C@H]2C[C@H]1O. The number of hydrogen-bond acceptors (Lipinski definition) is 4. The van der Waals surface area contributed by atoms with Gasteiger partial charge in [0.25, 0.3) is 0 Å². The largest absolute Gasteiger partial charge is 0.392 e. The number of allylic oxidation sites excluding steroid dienone is 2. The van der Waals surface area contributed by atoms with Gasteiger partial charge in [0, 0.05) is 23.8 Å². The van der Waals surface area contributed by atoms with Crippen molar-refractivity contribution < 1.29 is 10.2 Å². The molecule has 168 valence electrons. The Bertz CT molecular complexity index is 539. The van der Waals surface area contributed by atoms with Crippen molar-refractivity contribution in [3.63, 3.8) is 0 Å². The Hall–Kier alpha value is -0.290. The molecule has 2 N–H and O–H groups in total. The summed E-state index contributed by atoms with van der Waals surface area (Å²) in [6.45, 7) is 10.1. The normalized spacial score (nSPS) is 28.3. The van der Waals surface area contributed by atoms with Crippen LogP contribution in [0.3, 0.4) is 0 Å². The molecule has 2 aliphatic carbocycles. The number of rotatable bonds is 12. The van der Waals surface area contributed by atoms with E-state index in [1.54, 1.807) is 5.57 Å². The summed E-state index contributed by atoms with van der Waals surface area (Å²) in [6, 6.07) is 0. The summed E-state index contributed by atoms with van der Waals surface area (Å²) in [4.78, 5) is 2.42. The molecule has 0 aromatic carbocycles. The lowest BCUT2D eigenvalue weighted by Crippen LogP contribution is -2.39. The zero-order valence-corrected chi connectivity index (χ0v) is 20.3. The van der Waals surface area contributed by atoms with Crippen molar-refractivity contribution in [2.24, 2.45) is 17.8 Å². The Labute approximate surface area is 184 Å². The first-order valence-electron chi connectivity index (χ1n) is 11.8. The van der Waals surface area contributed by atoms with E-state index >= 15 is 0 Å². The molecule has 4 heteroatoms. The molecule has 0 spiro atoms. The van der Waals surface area contributed by atoms with Crippen molar-refractivity contribution in [3.8, 4) is 0 Å². The number of thioether (sulfide) groups is 1. The van der Waals surface area contributed by atoms with Crippen LogP contribution in [0.2, 0.25) is 0 Å². The van der Waals surface area contributed by atoms with E-state index in [2.05, 4.69) is 63.6 Å². The maximum absolute atomic E-state index is 10.5. The number of hydrogen-bond donors (Lipinski definition) is 2. The van der Waals surface area contributed by atoms with Gasteiger partial charge in [-0.25, -0.2) is 0 Å². The van der Waals surface area contributed by atoms with Gasteiger partial charge in [0.2, 0.25) is 0 Å². The van der Waals surface area contributed by atoms with Crippen LogP contribution >= 0.6 is 11.8 Å². The highest BCUT2D eigenvalue weighted by molar-refractivity contribution is 7.99. The minimum Gasteiger partial charge on any atom is -0.392 e. The van der Waals surface area contributed by atoms with Gasteiger partial charge in [-0.3, -0.25) is 0 Å². The summed E-state index contributed by atoms with van der Waals surface area (Å²) < 4.78 is 0. The zero-order valence-electron chi connectivity index (χ0n) is 19.4. The Balaban J connectivity index is 1.71. The van der Waals surface area contributed by atoms with E-state index < -0.39 is 0 Å². The first-order valence-corrected chi connectivity index (χ1v) is 12.9. The zero-order chi connectivity index (χ0) is 21.4. The predicted octanol–water partition coefficient (Wildman–Crippen LogP) is 5.28. The smallest absolute Gasteiger partial charge is 0.0721 e. The number of aliphatic hydroxyl groups is 2. The van der Waals surface area contributed by atoms with Gasteiger partial charge in [-0.2, -0.15) is 11.8 Å². The van der Waals surface area contributed by atoms with Crippen LogP contribution in [0.1, 0.15) is 72.6 Å². The van der Waals surface area contributed by atoms with Crippen molar-refractivity contribution in [2.45, 2.75) is 90.4 Å². The molecule has 0 unspecified atom stereocenters. The number of fused-ring (bicyclic) bond motifs is 1. The van der Waals surface area contributed by atoms with Gasteiger partial charge >= 0.3 is 0 Å². The van der Waals surface area contributed by atoms with Crippen LogP contribution < -0.4 is 0 Å². The Morgan fingerprint density at radius 1 is 1.28 bits per heavy atom. The van der Waals surface area contributed by atoms with Crippen LogP contribution in [-0.4, -0.2) is 58.0 Å². The fourth-order valence-electron chi connectivity index (χ4n) is 4.59. The molecule has 0 aromatic rings. The summed E-state index contributed by atoms with van der Waals surface area (Å²) in [7, 11) is 2.21. The van der Waals surface area contributed by atoms with Crippen LogP contribution in [0, 0.1) is 17.8 Å². The van der Waals surface area contributed by atoms with E-state index in [0.29, 0.717) is 11.8 Å². The molecule has 0 heterocycles. The molecule has 0 amide bonds. The maximum Gasteiger partial charge on any atom is 0.0721 e. The quantitative estimate of drug-likeness (QED) is 0.331. The van der Waals surface area contributed by atoms with E-state index in [-0.39, 0.29) is 23.7 Å². The van der Waals surface area contributed by atoms with Crippen LogP contribution in [-0.2, 0) is 0 Å². The maximum atomic E-state index is 10.5. The highest BCUT2D eigenvalue weighted by Crippen LogP contribution is 2.48. The molecular weight excluding hydrogens is 378 g/mol. The van der Waals surface area contributed by atoms with E-state index in [0.717, 1.165) is 32.2 Å². The lowest BCUT2D eigenvalue weighted by atomic mass is 9.88. The molecular formula is C25H45NO2S. The fourth-order valence-corrected chi connectivity index (χ4v) is 5.60. The van der Waals surface area contributed by atoms with Gasteiger partial charge in [0.1, 0.15) is 0 Å². The van der Waals surface area contributed by atoms with Crippen LogP contribution in [0.5, 0.6) is 0 Å². The molecule has 1 saturated carbocycles. The fraction of sp³-hybridized carbons (Fsp3) is 0.840. The van der Waals surface area contributed by atoms with Crippen molar-refractivity contribution in [1.29, 1.82) is 0 Å². The standard InChI is InChI=1S/C25H45NO2S/c1-6-7-8-9-21(27)10-11-22-23-17-19(16-20(23)18-24(22)28)12-14-29-15-13-26(5)25(2,3)4/h10-11,16,20-24,27-28H,6-9,12-15,17-18H2,1-5H3/t20-,21-,22+,23-,24+/m0/s1. The van der Waals surface area contributed by atoms with Gasteiger partial charge in [-0.15, -0.1) is 0 Å². The van der Waals surface area contributed by atoms with Gasteiger partial charge in [0.05, 0.1) is 12.2 Å². The van der Waals surface area contributed by atoms with E-state index in [1.165, 1.54) is 30.8 Å². The van der Waals surface area contributed by atoms with E-state index in [4.69, 9.17) is 0 Å². The molecule has 1 fully saturated rings. The summed E-state index contributed by atoms with van der Waals surface area (Å²) in [6.07, 6.45) is 13.4. The van der Waals surface area contributed by atoms with Gasteiger partial charge in [-0.05, 0) is 71.1 Å². The Morgan fingerprint density at radius 3 is 2.72 bits per heavy atom. The third-order valence-electron chi connectivity index (χ3n) is 6.89. The Kier molecular flexibility index (Phi) is 10.3. The second-order valence-electron chi connectivity index (χ2n) is 10.1. The predicted molar refractivity (Wildman–Crippen MR) is 127 cm³/mol. The lowest BCUT2D eigenvalue weighted by Gasteiger charge is -2.31. The topological polar surface area (TPSA) is 43.7 Å². The molecule has 0 aliphatic heterocycles. The lowest BCUT2D eigenvalue weighted by molar-refractivity contribution is 0.139. The van der Waals surface area contributed by atoms with Crippen LogP contribution in [0.4, 0.5) is 0 Å². The summed E-state index contributed by atoms with van der Waals surface area (Å²) >= 11 is 2.06. The van der Waals surface area contributed by atoms with Crippen molar-refractivity contribution >= 4 is 11.8 Å². The summed E-state index contributed by atoms with van der Waals surface area (Å²) in [5, 5.41) is 20.7. The molecule has 2 aliphatic rings. The highest BCUT2D eigenvalue weighted by Gasteiger charge is 2.43. The third kappa shape index (κ3) is 8.05. The van der Waals surface area contributed by atoms with E-state index in [9.17, 15) is 10.2 Å². The first kappa shape index (κ1) is 25.0. The van der Waals surface area contributed by atoms with Gasteiger partial charge < -0.3 is 15.1 Å². The van der Waals surface area contributed by atoms with Crippen molar-refractivity contribution in [1.82, 2.24) is 4.90 Å². The minimum atomic E-state index is -0.357. The average Bonchev–Trinajstić information content (AvgIpc) is 3.15. The Morgan fingerprint density at radius 2 is 2.03 bits per heavy atom. The summed E-state index contributed by atoms with van der Waals surface area (Å²) in [5.41, 5.74) is 1.84. The van der Waals surface area contributed by atoms with Crippen molar-refractivity contribution in [3.05, 3.63) is 23.8 Å². The van der Waals surface area contributed by atoms with Gasteiger partial charge in [0.15, 0.2) is 0 Å². The summed E-state index contributed by atoms with van der Waals surface area (Å²) in [5.74, 6) is 3.67. The number of aliphatic hydroxyl groups excluding tert-OH is 2. The highest BCUT2D eigenvalue weighted by atomic mass is 32.2. The third-order valence-corrected chi connectivity index (χ3v) is 7.86. The number of nitrogens with zero attached hydrogens (tertiary/aromatic N) is 1. The molecule has 3 nitrogen and oxygen atoms in total. The molecule has 0 bridgehead atoms.